The molecule has 0 radical (unpaired) electrons. The molecule has 0 N–H and O–H groups in total. The first kappa shape index (κ1) is 12.8. The smallest absolute Gasteiger partial charge is 0.0105 e. The molecular formula is C22H16. The summed E-state index contributed by atoms with van der Waals surface area (Å²) < 4.78 is 0. The zero-order valence-corrected chi connectivity index (χ0v) is 12.2. The Bertz CT molecular complexity index is 906. The maximum atomic E-state index is 2.27. The van der Waals surface area contributed by atoms with Gasteiger partial charge in [0, 0.05) is 0 Å². The highest BCUT2D eigenvalue weighted by Crippen LogP contribution is 2.31. The average Bonchev–Trinajstić information content (AvgIpc) is 2.62. The van der Waals surface area contributed by atoms with Crippen LogP contribution in [0.5, 0.6) is 0 Å². The third-order valence-corrected chi connectivity index (χ3v) is 4.07. The van der Waals surface area contributed by atoms with Crippen molar-refractivity contribution in [2.24, 2.45) is 0 Å². The molecule has 0 saturated heterocycles. The number of rotatable bonds is 2. The van der Waals surface area contributed by atoms with Crippen LogP contribution in [0, 0.1) is 0 Å². The molecule has 0 fully saturated rings. The van der Waals surface area contributed by atoms with Gasteiger partial charge < -0.3 is 0 Å². The van der Waals surface area contributed by atoms with Crippen LogP contribution in [0.15, 0.2) is 97.1 Å². The van der Waals surface area contributed by atoms with Gasteiger partial charge in [-0.3, -0.25) is 0 Å². The van der Waals surface area contributed by atoms with E-state index >= 15 is 0 Å². The minimum absolute atomic E-state index is 1.26. The lowest BCUT2D eigenvalue weighted by atomic mass is 9.95. The fraction of sp³-hybridized carbons (Fsp3) is 0. The van der Waals surface area contributed by atoms with E-state index in [1.807, 2.05) is 0 Å². The number of fused-ring (bicyclic) bond motifs is 1. The summed E-state index contributed by atoms with van der Waals surface area (Å²) in [6.45, 7) is 0. The Morgan fingerprint density at radius 1 is 0.409 bits per heavy atom. The number of hydrogen-bond acceptors (Lipinski definition) is 0. The summed E-state index contributed by atoms with van der Waals surface area (Å²) in [6.07, 6.45) is 0. The molecule has 0 aliphatic rings. The van der Waals surface area contributed by atoms with E-state index in [0.29, 0.717) is 0 Å². The second-order valence-corrected chi connectivity index (χ2v) is 5.47. The van der Waals surface area contributed by atoms with Gasteiger partial charge in [-0.15, -0.1) is 0 Å². The molecule has 4 aromatic rings. The maximum Gasteiger partial charge on any atom is -0.0105 e. The lowest BCUT2D eigenvalue weighted by Gasteiger charge is -2.09. The van der Waals surface area contributed by atoms with E-state index in [9.17, 15) is 0 Å². The van der Waals surface area contributed by atoms with Crippen molar-refractivity contribution < 1.29 is 0 Å². The van der Waals surface area contributed by atoms with Gasteiger partial charge in [-0.05, 0) is 39.1 Å². The first-order valence-electron chi connectivity index (χ1n) is 7.55. The van der Waals surface area contributed by atoms with Crippen molar-refractivity contribution in [2.45, 2.75) is 0 Å². The molecule has 104 valence electrons. The van der Waals surface area contributed by atoms with E-state index in [-0.39, 0.29) is 0 Å². The van der Waals surface area contributed by atoms with E-state index in [1.54, 1.807) is 0 Å². The summed E-state index contributed by atoms with van der Waals surface area (Å²) in [5.41, 5.74) is 5.08. The van der Waals surface area contributed by atoms with Gasteiger partial charge in [-0.1, -0.05) is 91.0 Å². The molecule has 0 heteroatoms. The molecule has 0 bridgehead atoms. The molecule has 0 nitrogen and oxygen atoms in total. The minimum Gasteiger partial charge on any atom is -0.0622 e. The van der Waals surface area contributed by atoms with E-state index < -0.39 is 0 Å². The summed E-state index contributed by atoms with van der Waals surface area (Å²) in [6, 6.07) is 34.3. The van der Waals surface area contributed by atoms with Gasteiger partial charge in [0.25, 0.3) is 0 Å². The molecule has 0 atom stereocenters. The maximum absolute atomic E-state index is 2.27. The molecule has 0 aromatic heterocycles. The second kappa shape index (κ2) is 5.50. The van der Waals surface area contributed by atoms with Gasteiger partial charge in [0.1, 0.15) is 0 Å². The van der Waals surface area contributed by atoms with Crippen molar-refractivity contribution in [1.29, 1.82) is 0 Å². The molecule has 0 aliphatic heterocycles. The minimum atomic E-state index is 1.26. The predicted octanol–water partition coefficient (Wildman–Crippen LogP) is 6.17. The SMILES string of the molecule is c1ccc(-c2ccc3c(-c4ccccc4)cccc3c2)cc1. The molecule has 0 spiro atoms. The summed E-state index contributed by atoms with van der Waals surface area (Å²) in [5, 5.41) is 2.58. The quantitative estimate of drug-likeness (QED) is 0.411. The Kier molecular flexibility index (Phi) is 3.21. The van der Waals surface area contributed by atoms with Crippen LogP contribution in [0.25, 0.3) is 33.0 Å². The van der Waals surface area contributed by atoms with Crippen LogP contribution in [0.3, 0.4) is 0 Å². The fourth-order valence-electron chi connectivity index (χ4n) is 2.96. The summed E-state index contributed by atoms with van der Waals surface area (Å²) in [4.78, 5) is 0. The summed E-state index contributed by atoms with van der Waals surface area (Å²) >= 11 is 0. The zero-order valence-electron chi connectivity index (χ0n) is 12.2. The largest absolute Gasteiger partial charge is 0.0622 e. The normalized spacial score (nSPS) is 10.7. The standard InChI is InChI=1S/C22H16/c1-3-8-17(9-4-1)19-14-15-22-20(16-19)12-7-13-21(22)18-10-5-2-6-11-18/h1-16H. The van der Waals surface area contributed by atoms with Gasteiger partial charge >= 0.3 is 0 Å². The molecule has 0 saturated carbocycles. The molecule has 0 aliphatic carbocycles. The van der Waals surface area contributed by atoms with Crippen molar-refractivity contribution in [3.63, 3.8) is 0 Å². The molecule has 0 unspecified atom stereocenters. The third kappa shape index (κ3) is 2.29. The van der Waals surface area contributed by atoms with E-state index in [4.69, 9.17) is 0 Å². The Hall–Kier alpha value is -2.86. The van der Waals surface area contributed by atoms with Crippen molar-refractivity contribution in [3.05, 3.63) is 97.1 Å². The predicted molar refractivity (Wildman–Crippen MR) is 94.8 cm³/mol. The van der Waals surface area contributed by atoms with Crippen molar-refractivity contribution in [2.75, 3.05) is 0 Å². The van der Waals surface area contributed by atoms with Crippen LogP contribution in [0.2, 0.25) is 0 Å². The third-order valence-electron chi connectivity index (χ3n) is 4.07. The summed E-state index contributed by atoms with van der Waals surface area (Å²) in [5.74, 6) is 0. The van der Waals surface area contributed by atoms with Gasteiger partial charge in [0.15, 0.2) is 0 Å². The fourth-order valence-corrected chi connectivity index (χ4v) is 2.96. The summed E-state index contributed by atoms with van der Waals surface area (Å²) in [7, 11) is 0. The first-order chi connectivity index (χ1) is 10.9. The lowest BCUT2D eigenvalue weighted by Crippen LogP contribution is -1.83. The molecule has 4 rings (SSSR count). The van der Waals surface area contributed by atoms with Crippen molar-refractivity contribution in [1.82, 2.24) is 0 Å². The van der Waals surface area contributed by atoms with Crippen LogP contribution in [0.4, 0.5) is 0 Å². The van der Waals surface area contributed by atoms with Crippen LogP contribution in [0.1, 0.15) is 0 Å². The van der Waals surface area contributed by atoms with E-state index in [2.05, 4.69) is 97.1 Å². The Balaban J connectivity index is 1.90. The molecule has 4 aromatic carbocycles. The molecule has 0 heterocycles. The molecule has 22 heavy (non-hydrogen) atoms. The number of hydrogen-bond donors (Lipinski definition) is 0. The number of benzene rings is 4. The van der Waals surface area contributed by atoms with E-state index in [0.717, 1.165) is 0 Å². The second-order valence-electron chi connectivity index (χ2n) is 5.47. The van der Waals surface area contributed by atoms with Crippen molar-refractivity contribution in [3.8, 4) is 22.3 Å². The van der Waals surface area contributed by atoms with Crippen LogP contribution in [-0.2, 0) is 0 Å². The van der Waals surface area contributed by atoms with Gasteiger partial charge in [-0.2, -0.15) is 0 Å². The highest BCUT2D eigenvalue weighted by atomic mass is 14.1. The first-order valence-corrected chi connectivity index (χ1v) is 7.55. The lowest BCUT2D eigenvalue weighted by molar-refractivity contribution is 1.63. The van der Waals surface area contributed by atoms with Crippen molar-refractivity contribution >= 4 is 10.8 Å². The monoisotopic (exact) mass is 280 g/mol. The van der Waals surface area contributed by atoms with Gasteiger partial charge in [0.05, 0.1) is 0 Å². The zero-order chi connectivity index (χ0) is 14.8. The van der Waals surface area contributed by atoms with Crippen LogP contribution < -0.4 is 0 Å². The average molecular weight is 280 g/mol. The Morgan fingerprint density at radius 3 is 1.82 bits per heavy atom. The van der Waals surface area contributed by atoms with Gasteiger partial charge in [-0.25, -0.2) is 0 Å². The van der Waals surface area contributed by atoms with E-state index in [1.165, 1.54) is 33.0 Å². The molecular weight excluding hydrogens is 264 g/mol. The Morgan fingerprint density at radius 2 is 1.09 bits per heavy atom. The topological polar surface area (TPSA) is 0 Å². The Labute approximate surface area is 130 Å². The highest BCUT2D eigenvalue weighted by Gasteiger charge is 2.05. The van der Waals surface area contributed by atoms with Crippen LogP contribution in [-0.4, -0.2) is 0 Å². The highest BCUT2D eigenvalue weighted by molar-refractivity contribution is 5.98. The van der Waals surface area contributed by atoms with Gasteiger partial charge in [0.2, 0.25) is 0 Å². The molecule has 0 amide bonds. The van der Waals surface area contributed by atoms with Crippen LogP contribution >= 0.6 is 0 Å².